The Morgan fingerprint density at radius 1 is 1.56 bits per heavy atom. The largest absolute Gasteiger partial charge is 0.465 e. The van der Waals surface area contributed by atoms with Crippen molar-refractivity contribution in [3.05, 3.63) is 0 Å². The smallest absolute Gasteiger partial charge is 0.407 e. The average Bonchev–Trinajstić information content (AvgIpc) is 2.24. The van der Waals surface area contributed by atoms with Crippen molar-refractivity contribution >= 4 is 16.2 Å². The molecule has 0 aromatic heterocycles. The maximum absolute atomic E-state index is 13.3. The van der Waals surface area contributed by atoms with Gasteiger partial charge >= 0.3 is 6.09 Å². The molecule has 8 heteroatoms. The zero-order valence-electron chi connectivity index (χ0n) is 8.80. The SMILES string of the molecule is CS(=O)(=O)OC1CCN(C(=O)O)CC(F)C1. The van der Waals surface area contributed by atoms with Crippen molar-refractivity contribution in [2.75, 3.05) is 19.3 Å². The summed E-state index contributed by atoms with van der Waals surface area (Å²) in [5.41, 5.74) is 0. The summed E-state index contributed by atoms with van der Waals surface area (Å²) in [5, 5.41) is 8.70. The van der Waals surface area contributed by atoms with E-state index in [2.05, 4.69) is 4.18 Å². The van der Waals surface area contributed by atoms with Crippen LogP contribution in [0.25, 0.3) is 0 Å². The fraction of sp³-hybridized carbons (Fsp3) is 0.875. The number of halogens is 1. The fourth-order valence-electron chi connectivity index (χ4n) is 1.62. The standard InChI is InChI=1S/C8H14FNO5S/c1-16(13,14)15-7-2-3-10(8(11)12)5-6(9)4-7/h6-7H,2-5H2,1H3,(H,11,12). The summed E-state index contributed by atoms with van der Waals surface area (Å²) < 4.78 is 39.7. The molecule has 0 bridgehead atoms. The first-order valence-corrected chi connectivity index (χ1v) is 6.60. The number of hydrogen-bond acceptors (Lipinski definition) is 4. The summed E-state index contributed by atoms with van der Waals surface area (Å²) in [6, 6.07) is 0. The number of likely N-dealkylation sites (tertiary alicyclic amines) is 1. The van der Waals surface area contributed by atoms with Crippen molar-refractivity contribution in [2.45, 2.75) is 25.1 Å². The van der Waals surface area contributed by atoms with Crippen molar-refractivity contribution in [1.29, 1.82) is 0 Å². The zero-order chi connectivity index (χ0) is 12.3. The molecule has 6 nitrogen and oxygen atoms in total. The molecular formula is C8H14FNO5S. The first kappa shape index (κ1) is 13.2. The van der Waals surface area contributed by atoms with Gasteiger partial charge in [0.15, 0.2) is 0 Å². The third kappa shape index (κ3) is 4.31. The minimum atomic E-state index is -3.63. The molecule has 0 spiro atoms. The van der Waals surface area contributed by atoms with E-state index < -0.39 is 28.5 Å². The molecule has 1 amide bonds. The van der Waals surface area contributed by atoms with E-state index in [9.17, 15) is 17.6 Å². The number of hydrogen-bond donors (Lipinski definition) is 1. The van der Waals surface area contributed by atoms with Gasteiger partial charge in [0, 0.05) is 13.0 Å². The highest BCUT2D eigenvalue weighted by atomic mass is 32.2. The molecule has 0 radical (unpaired) electrons. The van der Waals surface area contributed by atoms with Crippen LogP contribution in [0, 0.1) is 0 Å². The second-order valence-corrected chi connectivity index (χ2v) is 5.37. The number of amides is 1. The Morgan fingerprint density at radius 2 is 2.19 bits per heavy atom. The van der Waals surface area contributed by atoms with Gasteiger partial charge in [-0.25, -0.2) is 9.18 Å². The molecule has 2 atom stereocenters. The lowest BCUT2D eigenvalue weighted by molar-refractivity contribution is 0.134. The van der Waals surface area contributed by atoms with E-state index in [1.165, 1.54) is 0 Å². The molecule has 1 N–H and O–H groups in total. The van der Waals surface area contributed by atoms with Gasteiger partial charge in [0.05, 0.1) is 18.9 Å². The highest BCUT2D eigenvalue weighted by Crippen LogP contribution is 2.18. The molecule has 1 aliphatic heterocycles. The van der Waals surface area contributed by atoms with Crippen LogP contribution >= 0.6 is 0 Å². The van der Waals surface area contributed by atoms with Gasteiger partial charge in [0.25, 0.3) is 10.1 Å². The van der Waals surface area contributed by atoms with Crippen LogP contribution in [-0.2, 0) is 14.3 Å². The van der Waals surface area contributed by atoms with Crippen LogP contribution in [0.4, 0.5) is 9.18 Å². The van der Waals surface area contributed by atoms with Gasteiger partial charge in [-0.1, -0.05) is 0 Å². The van der Waals surface area contributed by atoms with Crippen LogP contribution in [0.15, 0.2) is 0 Å². The molecule has 16 heavy (non-hydrogen) atoms. The lowest BCUT2D eigenvalue weighted by Gasteiger charge is -2.16. The molecule has 0 saturated carbocycles. The Hall–Kier alpha value is -0.890. The van der Waals surface area contributed by atoms with E-state index in [1.807, 2.05) is 0 Å². The molecule has 1 rings (SSSR count). The summed E-state index contributed by atoms with van der Waals surface area (Å²) in [6.07, 6.45) is -2.42. The van der Waals surface area contributed by atoms with Gasteiger partial charge in [0.2, 0.25) is 0 Å². The molecular weight excluding hydrogens is 241 g/mol. The van der Waals surface area contributed by atoms with Crippen LogP contribution < -0.4 is 0 Å². The second kappa shape index (κ2) is 4.96. The van der Waals surface area contributed by atoms with Gasteiger partial charge < -0.3 is 10.0 Å². The normalized spacial score (nSPS) is 27.5. The minimum Gasteiger partial charge on any atom is -0.465 e. The third-order valence-corrected chi connectivity index (χ3v) is 2.86. The number of alkyl halides is 1. The van der Waals surface area contributed by atoms with Crippen LogP contribution in [-0.4, -0.2) is 56.1 Å². The van der Waals surface area contributed by atoms with E-state index in [1.54, 1.807) is 0 Å². The maximum Gasteiger partial charge on any atom is 0.407 e. The van der Waals surface area contributed by atoms with Gasteiger partial charge in [-0.3, -0.25) is 4.18 Å². The van der Waals surface area contributed by atoms with E-state index in [0.29, 0.717) is 0 Å². The summed E-state index contributed by atoms with van der Waals surface area (Å²) in [5.74, 6) is 0. The topological polar surface area (TPSA) is 83.9 Å². The predicted molar refractivity (Wildman–Crippen MR) is 53.4 cm³/mol. The summed E-state index contributed by atoms with van der Waals surface area (Å²) >= 11 is 0. The van der Waals surface area contributed by atoms with Crippen LogP contribution in [0.2, 0.25) is 0 Å². The van der Waals surface area contributed by atoms with Gasteiger partial charge in [-0.2, -0.15) is 8.42 Å². The van der Waals surface area contributed by atoms with Crippen molar-refractivity contribution in [3.8, 4) is 0 Å². The van der Waals surface area contributed by atoms with Gasteiger partial charge in [-0.15, -0.1) is 0 Å². The van der Waals surface area contributed by atoms with E-state index in [4.69, 9.17) is 5.11 Å². The molecule has 1 heterocycles. The molecule has 1 aliphatic rings. The Bertz CT molecular complexity index is 357. The Morgan fingerprint density at radius 3 is 2.69 bits per heavy atom. The van der Waals surface area contributed by atoms with Crippen molar-refractivity contribution in [2.24, 2.45) is 0 Å². The Kier molecular flexibility index (Phi) is 4.09. The Balaban J connectivity index is 2.62. The predicted octanol–water partition coefficient (Wildman–Crippen LogP) is 0.443. The molecule has 2 unspecified atom stereocenters. The van der Waals surface area contributed by atoms with E-state index >= 15 is 0 Å². The lowest BCUT2D eigenvalue weighted by Crippen LogP contribution is -2.33. The summed E-state index contributed by atoms with van der Waals surface area (Å²) in [7, 11) is -3.63. The minimum absolute atomic E-state index is 0.0793. The highest BCUT2D eigenvalue weighted by Gasteiger charge is 2.28. The van der Waals surface area contributed by atoms with E-state index in [-0.39, 0.29) is 25.9 Å². The monoisotopic (exact) mass is 255 g/mol. The number of nitrogens with zero attached hydrogens (tertiary/aromatic N) is 1. The Labute approximate surface area is 93.1 Å². The number of rotatable bonds is 2. The van der Waals surface area contributed by atoms with Crippen molar-refractivity contribution < 1.29 is 26.9 Å². The molecule has 0 aromatic rings. The van der Waals surface area contributed by atoms with Crippen LogP contribution in [0.1, 0.15) is 12.8 Å². The first-order chi connectivity index (χ1) is 7.28. The highest BCUT2D eigenvalue weighted by molar-refractivity contribution is 7.86. The zero-order valence-corrected chi connectivity index (χ0v) is 9.61. The number of carboxylic acid groups (broad SMARTS) is 1. The van der Waals surface area contributed by atoms with Gasteiger partial charge in [0.1, 0.15) is 6.17 Å². The van der Waals surface area contributed by atoms with Crippen LogP contribution in [0.3, 0.4) is 0 Å². The maximum atomic E-state index is 13.3. The average molecular weight is 255 g/mol. The first-order valence-electron chi connectivity index (χ1n) is 4.78. The molecule has 0 aromatic carbocycles. The van der Waals surface area contributed by atoms with Crippen LogP contribution in [0.5, 0.6) is 0 Å². The molecule has 0 aliphatic carbocycles. The second-order valence-electron chi connectivity index (χ2n) is 3.77. The van der Waals surface area contributed by atoms with Crippen molar-refractivity contribution in [1.82, 2.24) is 4.90 Å². The van der Waals surface area contributed by atoms with Gasteiger partial charge in [-0.05, 0) is 6.42 Å². The van der Waals surface area contributed by atoms with Crippen molar-refractivity contribution in [3.63, 3.8) is 0 Å². The van der Waals surface area contributed by atoms with E-state index in [0.717, 1.165) is 11.2 Å². The quantitative estimate of drug-likeness (QED) is 0.724. The number of carbonyl (C=O) groups is 1. The third-order valence-electron chi connectivity index (χ3n) is 2.24. The summed E-state index contributed by atoms with van der Waals surface area (Å²) in [4.78, 5) is 11.6. The molecule has 1 fully saturated rings. The summed E-state index contributed by atoms with van der Waals surface area (Å²) in [6.45, 7) is -0.158. The molecule has 94 valence electrons. The fourth-order valence-corrected chi connectivity index (χ4v) is 2.29. The lowest BCUT2D eigenvalue weighted by atomic mass is 10.1. The molecule has 1 saturated heterocycles.